The standard InChI is InChI=1S/C11H20N2O/c1-3-10(14)6-5-7-11-12-8-9-13(11)4-2/h8-10,14H,3-7H2,1-2H3. The minimum atomic E-state index is -0.139. The van der Waals surface area contributed by atoms with Crippen molar-refractivity contribution in [2.45, 2.75) is 52.2 Å². The van der Waals surface area contributed by atoms with E-state index in [9.17, 15) is 5.11 Å². The van der Waals surface area contributed by atoms with E-state index in [4.69, 9.17) is 0 Å². The first kappa shape index (κ1) is 11.2. The van der Waals surface area contributed by atoms with Crippen molar-refractivity contribution in [2.24, 2.45) is 0 Å². The highest BCUT2D eigenvalue weighted by Crippen LogP contribution is 2.07. The average molecular weight is 196 g/mol. The summed E-state index contributed by atoms with van der Waals surface area (Å²) in [7, 11) is 0. The van der Waals surface area contributed by atoms with Crippen LogP contribution in [0.25, 0.3) is 0 Å². The SMILES string of the molecule is CCC(O)CCCc1nccn1CC. The van der Waals surface area contributed by atoms with Crippen molar-refractivity contribution < 1.29 is 5.11 Å². The van der Waals surface area contributed by atoms with Gasteiger partial charge in [0.1, 0.15) is 5.82 Å². The van der Waals surface area contributed by atoms with Gasteiger partial charge >= 0.3 is 0 Å². The lowest BCUT2D eigenvalue weighted by atomic mass is 10.1. The molecule has 3 nitrogen and oxygen atoms in total. The summed E-state index contributed by atoms with van der Waals surface area (Å²) < 4.78 is 2.15. The molecule has 0 saturated carbocycles. The van der Waals surface area contributed by atoms with E-state index in [-0.39, 0.29) is 6.10 Å². The summed E-state index contributed by atoms with van der Waals surface area (Å²) in [5.41, 5.74) is 0. The Morgan fingerprint density at radius 1 is 1.50 bits per heavy atom. The van der Waals surface area contributed by atoms with Gasteiger partial charge in [0.25, 0.3) is 0 Å². The molecular formula is C11H20N2O. The van der Waals surface area contributed by atoms with Crippen molar-refractivity contribution in [3.8, 4) is 0 Å². The number of hydrogen-bond acceptors (Lipinski definition) is 2. The van der Waals surface area contributed by atoms with Gasteiger partial charge in [0.2, 0.25) is 0 Å². The second-order valence-corrected chi connectivity index (χ2v) is 3.58. The van der Waals surface area contributed by atoms with Crippen molar-refractivity contribution in [1.29, 1.82) is 0 Å². The quantitative estimate of drug-likeness (QED) is 0.755. The first-order valence-electron chi connectivity index (χ1n) is 5.46. The van der Waals surface area contributed by atoms with E-state index in [1.807, 2.05) is 19.3 Å². The maximum Gasteiger partial charge on any atom is 0.108 e. The van der Waals surface area contributed by atoms with Gasteiger partial charge in [0.15, 0.2) is 0 Å². The minimum absolute atomic E-state index is 0.139. The first-order chi connectivity index (χ1) is 6.77. The summed E-state index contributed by atoms with van der Waals surface area (Å²) in [5, 5.41) is 9.39. The number of nitrogens with zero attached hydrogens (tertiary/aromatic N) is 2. The second-order valence-electron chi connectivity index (χ2n) is 3.58. The predicted octanol–water partition coefficient (Wildman–Crippen LogP) is 2.00. The fourth-order valence-corrected chi connectivity index (χ4v) is 1.56. The van der Waals surface area contributed by atoms with Crippen LogP contribution in [0, 0.1) is 0 Å². The van der Waals surface area contributed by atoms with Crippen LogP contribution in [0.5, 0.6) is 0 Å². The lowest BCUT2D eigenvalue weighted by Gasteiger charge is -2.07. The highest BCUT2D eigenvalue weighted by atomic mass is 16.3. The van der Waals surface area contributed by atoms with Crippen LogP contribution in [0.1, 0.15) is 38.9 Å². The Hall–Kier alpha value is -0.830. The van der Waals surface area contributed by atoms with Gasteiger partial charge in [0, 0.05) is 25.4 Å². The summed E-state index contributed by atoms with van der Waals surface area (Å²) in [6, 6.07) is 0. The number of aryl methyl sites for hydroxylation is 2. The molecule has 1 aromatic heterocycles. The Balaban J connectivity index is 2.31. The van der Waals surface area contributed by atoms with E-state index < -0.39 is 0 Å². The van der Waals surface area contributed by atoms with Crippen molar-refractivity contribution in [3.63, 3.8) is 0 Å². The smallest absolute Gasteiger partial charge is 0.108 e. The lowest BCUT2D eigenvalue weighted by Crippen LogP contribution is -2.06. The van der Waals surface area contributed by atoms with E-state index in [0.717, 1.165) is 38.1 Å². The second kappa shape index (κ2) is 5.81. The van der Waals surface area contributed by atoms with Crippen molar-refractivity contribution >= 4 is 0 Å². The van der Waals surface area contributed by atoms with Gasteiger partial charge in [-0.2, -0.15) is 0 Å². The van der Waals surface area contributed by atoms with Crippen LogP contribution in [-0.4, -0.2) is 20.8 Å². The average Bonchev–Trinajstić information content (AvgIpc) is 2.65. The number of aliphatic hydroxyl groups excluding tert-OH is 1. The largest absolute Gasteiger partial charge is 0.393 e. The zero-order valence-electron chi connectivity index (χ0n) is 9.11. The van der Waals surface area contributed by atoms with Gasteiger partial charge in [-0.1, -0.05) is 6.92 Å². The normalized spacial score (nSPS) is 13.1. The molecule has 1 N–H and O–H groups in total. The molecule has 3 heteroatoms. The lowest BCUT2D eigenvalue weighted by molar-refractivity contribution is 0.157. The Bertz CT molecular complexity index is 258. The summed E-state index contributed by atoms with van der Waals surface area (Å²) in [6.45, 7) is 5.11. The third kappa shape index (κ3) is 3.14. The van der Waals surface area contributed by atoms with Gasteiger partial charge in [0.05, 0.1) is 6.10 Å². The molecule has 0 radical (unpaired) electrons. The maximum atomic E-state index is 9.39. The molecule has 0 aliphatic heterocycles. The van der Waals surface area contributed by atoms with Gasteiger partial charge in [-0.15, -0.1) is 0 Å². The van der Waals surface area contributed by atoms with E-state index in [1.165, 1.54) is 0 Å². The molecule has 0 amide bonds. The topological polar surface area (TPSA) is 38.1 Å². The number of aromatic nitrogens is 2. The number of aliphatic hydroxyl groups is 1. The molecule has 1 aromatic rings. The molecule has 1 heterocycles. The minimum Gasteiger partial charge on any atom is -0.393 e. The van der Waals surface area contributed by atoms with Gasteiger partial charge in [-0.3, -0.25) is 0 Å². The van der Waals surface area contributed by atoms with Crippen molar-refractivity contribution in [1.82, 2.24) is 9.55 Å². The summed E-state index contributed by atoms with van der Waals surface area (Å²) in [4.78, 5) is 4.29. The monoisotopic (exact) mass is 196 g/mol. The fraction of sp³-hybridized carbons (Fsp3) is 0.727. The van der Waals surface area contributed by atoms with Gasteiger partial charge in [-0.05, 0) is 26.2 Å². The third-order valence-electron chi connectivity index (χ3n) is 2.55. The highest BCUT2D eigenvalue weighted by molar-refractivity contribution is 4.92. The van der Waals surface area contributed by atoms with Gasteiger partial charge in [-0.25, -0.2) is 4.98 Å². The van der Waals surface area contributed by atoms with E-state index >= 15 is 0 Å². The molecule has 1 unspecified atom stereocenters. The van der Waals surface area contributed by atoms with E-state index in [2.05, 4.69) is 16.5 Å². The molecule has 0 aliphatic carbocycles. The zero-order chi connectivity index (χ0) is 10.4. The summed E-state index contributed by atoms with van der Waals surface area (Å²) in [5.74, 6) is 1.14. The van der Waals surface area contributed by atoms with Gasteiger partial charge < -0.3 is 9.67 Å². The van der Waals surface area contributed by atoms with E-state index in [1.54, 1.807) is 0 Å². The van der Waals surface area contributed by atoms with Crippen molar-refractivity contribution in [3.05, 3.63) is 18.2 Å². The third-order valence-corrected chi connectivity index (χ3v) is 2.55. The highest BCUT2D eigenvalue weighted by Gasteiger charge is 2.03. The van der Waals surface area contributed by atoms with Crippen LogP contribution >= 0.6 is 0 Å². The number of hydrogen-bond donors (Lipinski definition) is 1. The Kier molecular flexibility index (Phi) is 4.66. The molecule has 0 bridgehead atoms. The molecular weight excluding hydrogens is 176 g/mol. The number of rotatable bonds is 6. The van der Waals surface area contributed by atoms with Crippen LogP contribution in [0.4, 0.5) is 0 Å². The molecule has 80 valence electrons. The van der Waals surface area contributed by atoms with Crippen LogP contribution in [0.2, 0.25) is 0 Å². The van der Waals surface area contributed by atoms with Crippen molar-refractivity contribution in [2.75, 3.05) is 0 Å². The molecule has 14 heavy (non-hydrogen) atoms. The molecule has 0 aromatic carbocycles. The number of imidazole rings is 1. The van der Waals surface area contributed by atoms with Crippen LogP contribution in [0.15, 0.2) is 12.4 Å². The maximum absolute atomic E-state index is 9.39. The molecule has 1 rings (SSSR count). The molecule has 0 saturated heterocycles. The summed E-state index contributed by atoms with van der Waals surface area (Å²) >= 11 is 0. The Morgan fingerprint density at radius 2 is 2.29 bits per heavy atom. The summed E-state index contributed by atoms with van der Waals surface area (Å²) in [6.07, 6.45) is 7.43. The van der Waals surface area contributed by atoms with Crippen LogP contribution in [-0.2, 0) is 13.0 Å². The molecule has 0 aliphatic rings. The molecule has 1 atom stereocenters. The Morgan fingerprint density at radius 3 is 2.93 bits per heavy atom. The van der Waals surface area contributed by atoms with Crippen LogP contribution < -0.4 is 0 Å². The predicted molar refractivity (Wildman–Crippen MR) is 57.1 cm³/mol. The van der Waals surface area contributed by atoms with E-state index in [0.29, 0.717) is 0 Å². The fourth-order valence-electron chi connectivity index (χ4n) is 1.56. The molecule has 0 fully saturated rings. The van der Waals surface area contributed by atoms with Crippen LogP contribution in [0.3, 0.4) is 0 Å². The molecule has 0 spiro atoms. The first-order valence-corrected chi connectivity index (χ1v) is 5.46. The zero-order valence-corrected chi connectivity index (χ0v) is 9.11. The Labute approximate surface area is 85.8 Å².